The molecule has 1 aromatic rings. The predicted octanol–water partition coefficient (Wildman–Crippen LogP) is 1.57. The first-order valence-electron chi connectivity index (χ1n) is 4.40. The predicted molar refractivity (Wildman–Crippen MR) is 51.9 cm³/mol. The molecule has 1 saturated heterocycles. The van der Waals surface area contributed by atoms with E-state index in [1.165, 1.54) is 5.69 Å². The molecule has 1 aromatic carbocycles. The van der Waals surface area contributed by atoms with Crippen LogP contribution in [0.2, 0.25) is 0 Å². The van der Waals surface area contributed by atoms with Gasteiger partial charge in [0.25, 0.3) is 5.71 Å². The van der Waals surface area contributed by atoms with Crippen molar-refractivity contribution in [2.75, 3.05) is 18.0 Å². The van der Waals surface area contributed by atoms with Crippen LogP contribution in [0.25, 0.3) is 5.53 Å². The fraction of sp³-hybridized carbons (Fsp3) is 0.300. The second-order valence-electron chi connectivity index (χ2n) is 3.17. The van der Waals surface area contributed by atoms with Crippen LogP contribution in [-0.2, 0) is 0 Å². The first kappa shape index (κ1) is 8.02. The van der Waals surface area contributed by atoms with Gasteiger partial charge in [-0.15, -0.1) is 0 Å². The summed E-state index contributed by atoms with van der Waals surface area (Å²) in [6, 6.07) is 10.2. The summed E-state index contributed by atoms with van der Waals surface area (Å²) in [7, 11) is 0. The Kier molecular flexibility index (Phi) is 2.11. The van der Waals surface area contributed by atoms with E-state index in [1.54, 1.807) is 0 Å². The van der Waals surface area contributed by atoms with Gasteiger partial charge in [0, 0.05) is 12.2 Å². The summed E-state index contributed by atoms with van der Waals surface area (Å²) in [5.74, 6) is 0. The fourth-order valence-corrected chi connectivity index (χ4v) is 1.58. The molecule has 1 aliphatic heterocycles. The van der Waals surface area contributed by atoms with E-state index in [2.05, 4.69) is 21.8 Å². The van der Waals surface area contributed by atoms with Gasteiger partial charge in [0.1, 0.15) is 6.54 Å². The van der Waals surface area contributed by atoms with Gasteiger partial charge in [-0.25, -0.2) is 0 Å². The van der Waals surface area contributed by atoms with E-state index in [-0.39, 0.29) is 0 Å². The van der Waals surface area contributed by atoms with Crippen LogP contribution in [0.3, 0.4) is 0 Å². The number of rotatable bonds is 1. The molecular formula is C10H11N3. The van der Waals surface area contributed by atoms with Gasteiger partial charge in [0.2, 0.25) is 0 Å². The van der Waals surface area contributed by atoms with Gasteiger partial charge >= 0.3 is 0 Å². The molecule has 66 valence electrons. The zero-order chi connectivity index (χ0) is 9.10. The van der Waals surface area contributed by atoms with E-state index < -0.39 is 0 Å². The Labute approximate surface area is 77.2 Å². The lowest BCUT2D eigenvalue weighted by Gasteiger charge is -2.14. The molecule has 0 spiro atoms. The average molecular weight is 173 g/mol. The van der Waals surface area contributed by atoms with E-state index in [9.17, 15) is 0 Å². The molecule has 0 saturated carbocycles. The molecule has 0 aliphatic carbocycles. The van der Waals surface area contributed by atoms with Crippen molar-refractivity contribution in [1.82, 2.24) is 0 Å². The summed E-state index contributed by atoms with van der Waals surface area (Å²) in [6.45, 7) is 1.70. The number of para-hydroxylation sites is 1. The maximum atomic E-state index is 8.59. The number of benzene rings is 1. The molecule has 0 aromatic heterocycles. The molecule has 0 N–H and O–H groups in total. The monoisotopic (exact) mass is 173 g/mol. The zero-order valence-electron chi connectivity index (χ0n) is 7.35. The van der Waals surface area contributed by atoms with Gasteiger partial charge in [-0.1, -0.05) is 18.2 Å². The lowest BCUT2D eigenvalue weighted by atomic mass is 10.3. The van der Waals surface area contributed by atoms with Crippen molar-refractivity contribution in [1.29, 1.82) is 0 Å². The third-order valence-corrected chi connectivity index (χ3v) is 2.31. The lowest BCUT2D eigenvalue weighted by Crippen LogP contribution is -2.19. The van der Waals surface area contributed by atoms with E-state index in [0.29, 0.717) is 0 Å². The summed E-state index contributed by atoms with van der Waals surface area (Å²) in [4.78, 5) is 5.44. The van der Waals surface area contributed by atoms with Gasteiger partial charge in [0.05, 0.1) is 6.42 Å². The number of nitrogens with zero attached hydrogens (tertiary/aromatic N) is 3. The Bertz CT molecular complexity index is 338. The molecule has 1 fully saturated rings. The Hall–Kier alpha value is -1.60. The molecular weight excluding hydrogens is 162 g/mol. The SMILES string of the molecule is [N-]=[N+]=C1CCN(c2ccccc2)C1. The molecule has 1 heterocycles. The standard InChI is InChI=1S/C10H11N3/c11-12-9-6-7-13(8-9)10-4-2-1-3-5-10/h1-5H,6-8H2. The van der Waals surface area contributed by atoms with Gasteiger partial charge in [-0.2, -0.15) is 4.79 Å². The maximum absolute atomic E-state index is 8.59. The van der Waals surface area contributed by atoms with Crippen LogP contribution in [-0.4, -0.2) is 23.6 Å². The third kappa shape index (κ3) is 1.60. The molecule has 3 nitrogen and oxygen atoms in total. The van der Waals surface area contributed by atoms with Crippen molar-refractivity contribution in [3.63, 3.8) is 0 Å². The first-order valence-corrected chi connectivity index (χ1v) is 4.40. The maximum Gasteiger partial charge on any atom is 0.289 e. The molecule has 0 radical (unpaired) electrons. The summed E-state index contributed by atoms with van der Waals surface area (Å²) < 4.78 is 0. The third-order valence-electron chi connectivity index (χ3n) is 2.31. The van der Waals surface area contributed by atoms with E-state index in [1.807, 2.05) is 18.2 Å². The Morgan fingerprint density at radius 1 is 1.23 bits per heavy atom. The Morgan fingerprint density at radius 3 is 2.62 bits per heavy atom. The molecule has 0 atom stereocenters. The van der Waals surface area contributed by atoms with E-state index >= 15 is 0 Å². The minimum atomic E-state index is 0.751. The van der Waals surface area contributed by atoms with Crippen LogP contribution in [0.5, 0.6) is 0 Å². The van der Waals surface area contributed by atoms with Crippen molar-refractivity contribution in [3.05, 3.63) is 35.9 Å². The van der Waals surface area contributed by atoms with Crippen molar-refractivity contribution >= 4 is 11.4 Å². The summed E-state index contributed by atoms with van der Waals surface area (Å²) in [6.07, 6.45) is 0.866. The molecule has 1 aliphatic rings. The summed E-state index contributed by atoms with van der Waals surface area (Å²) in [5.41, 5.74) is 10.7. The molecule has 0 unspecified atom stereocenters. The van der Waals surface area contributed by atoms with Crippen LogP contribution in [0, 0.1) is 0 Å². The van der Waals surface area contributed by atoms with Crippen LogP contribution >= 0.6 is 0 Å². The zero-order valence-corrected chi connectivity index (χ0v) is 7.35. The van der Waals surface area contributed by atoms with Crippen LogP contribution in [0.15, 0.2) is 30.3 Å². The summed E-state index contributed by atoms with van der Waals surface area (Å²) >= 11 is 0. The van der Waals surface area contributed by atoms with Crippen molar-refractivity contribution in [2.45, 2.75) is 6.42 Å². The highest BCUT2D eigenvalue weighted by Gasteiger charge is 2.23. The van der Waals surface area contributed by atoms with E-state index in [4.69, 9.17) is 5.53 Å². The highest BCUT2D eigenvalue weighted by molar-refractivity contribution is 5.87. The normalized spacial score (nSPS) is 16.0. The second-order valence-corrected chi connectivity index (χ2v) is 3.17. The highest BCUT2D eigenvalue weighted by Crippen LogP contribution is 2.17. The quantitative estimate of drug-likeness (QED) is 0.469. The van der Waals surface area contributed by atoms with Crippen molar-refractivity contribution in [3.8, 4) is 0 Å². The smallest absolute Gasteiger partial charge is 0.289 e. The fourth-order valence-electron chi connectivity index (χ4n) is 1.58. The molecule has 0 amide bonds. The first-order chi connectivity index (χ1) is 6.40. The second kappa shape index (κ2) is 3.42. The van der Waals surface area contributed by atoms with Crippen molar-refractivity contribution in [2.24, 2.45) is 0 Å². The van der Waals surface area contributed by atoms with Gasteiger partial charge in [-0.3, -0.25) is 0 Å². The minimum absolute atomic E-state index is 0.751. The van der Waals surface area contributed by atoms with Crippen molar-refractivity contribution < 1.29 is 4.79 Å². The molecule has 3 heteroatoms. The topological polar surface area (TPSA) is 39.6 Å². The van der Waals surface area contributed by atoms with Crippen LogP contribution in [0.1, 0.15) is 6.42 Å². The Balaban J connectivity index is 2.17. The molecule has 2 rings (SSSR count). The van der Waals surface area contributed by atoms with Gasteiger partial charge in [-0.05, 0) is 12.1 Å². The number of hydrogen-bond donors (Lipinski definition) is 0. The molecule has 0 bridgehead atoms. The lowest BCUT2D eigenvalue weighted by molar-refractivity contribution is -0.00787. The van der Waals surface area contributed by atoms with Gasteiger partial charge < -0.3 is 10.4 Å². The van der Waals surface area contributed by atoms with Crippen LogP contribution < -0.4 is 4.90 Å². The number of anilines is 1. The minimum Gasteiger partial charge on any atom is -0.362 e. The van der Waals surface area contributed by atoms with Crippen LogP contribution in [0.4, 0.5) is 5.69 Å². The summed E-state index contributed by atoms with van der Waals surface area (Å²) in [5, 5.41) is 0. The Morgan fingerprint density at radius 2 is 2.00 bits per heavy atom. The largest absolute Gasteiger partial charge is 0.362 e. The number of hydrogen-bond acceptors (Lipinski definition) is 1. The van der Waals surface area contributed by atoms with Gasteiger partial charge in [0.15, 0.2) is 0 Å². The molecule has 13 heavy (non-hydrogen) atoms. The highest BCUT2D eigenvalue weighted by atomic mass is 15.2. The van der Waals surface area contributed by atoms with E-state index in [0.717, 1.165) is 25.2 Å². The average Bonchev–Trinajstić information content (AvgIpc) is 2.67.